The summed E-state index contributed by atoms with van der Waals surface area (Å²) in [6, 6.07) is 7.40. The lowest BCUT2D eigenvalue weighted by atomic mass is 10.2. The van der Waals surface area contributed by atoms with Crippen LogP contribution in [0.1, 0.15) is 12.0 Å². The molecule has 0 atom stereocenters. The summed E-state index contributed by atoms with van der Waals surface area (Å²) >= 11 is 4.92. The summed E-state index contributed by atoms with van der Waals surface area (Å²) in [6.07, 6.45) is 0.902. The van der Waals surface area contributed by atoms with E-state index in [2.05, 4.69) is 0 Å². The molecule has 1 aromatic carbocycles. The van der Waals surface area contributed by atoms with Crippen LogP contribution >= 0.6 is 12.2 Å². The molecule has 0 fully saturated rings. The summed E-state index contributed by atoms with van der Waals surface area (Å²) in [6.45, 7) is 3.55. The van der Waals surface area contributed by atoms with Crippen molar-refractivity contribution in [2.75, 3.05) is 46.8 Å². The first kappa shape index (κ1) is 17.8. The van der Waals surface area contributed by atoms with Crippen LogP contribution in [-0.2, 0) is 14.2 Å². The molecule has 21 heavy (non-hydrogen) atoms. The van der Waals surface area contributed by atoms with Gasteiger partial charge in [-0.2, -0.15) is 0 Å². The van der Waals surface area contributed by atoms with Crippen LogP contribution in [0.3, 0.4) is 0 Å². The van der Waals surface area contributed by atoms with E-state index in [1.54, 1.807) is 7.11 Å². The van der Waals surface area contributed by atoms with Gasteiger partial charge in [0.05, 0.1) is 19.8 Å². The van der Waals surface area contributed by atoms with Gasteiger partial charge in [-0.25, -0.2) is 0 Å². The van der Waals surface area contributed by atoms with Gasteiger partial charge in [0.15, 0.2) is 0 Å². The molecule has 1 rings (SSSR count). The quantitative estimate of drug-likeness (QED) is 0.469. The predicted octanol–water partition coefficient (Wildman–Crippen LogP) is 1.77. The fraction of sp³-hybridized carbons (Fsp3) is 0.533. The predicted molar refractivity (Wildman–Crippen MR) is 86.0 cm³/mol. The molecular formula is C15H23NO4S. The molecule has 0 aliphatic rings. The number of methoxy groups -OCH3 is 1. The summed E-state index contributed by atoms with van der Waals surface area (Å²) in [4.78, 5) is 0.363. The van der Waals surface area contributed by atoms with Crippen molar-refractivity contribution in [1.29, 1.82) is 0 Å². The van der Waals surface area contributed by atoms with Crippen LogP contribution in [0.15, 0.2) is 24.3 Å². The lowest BCUT2D eigenvalue weighted by Gasteiger charge is -2.08. The topological polar surface area (TPSA) is 62.9 Å². The minimum atomic E-state index is 0.363. The minimum absolute atomic E-state index is 0.363. The largest absolute Gasteiger partial charge is 0.491 e. The van der Waals surface area contributed by atoms with Crippen molar-refractivity contribution in [3.8, 4) is 5.75 Å². The van der Waals surface area contributed by atoms with Crippen molar-refractivity contribution in [2.45, 2.75) is 6.42 Å². The van der Waals surface area contributed by atoms with Crippen LogP contribution in [0.4, 0.5) is 0 Å². The highest BCUT2D eigenvalue weighted by Gasteiger charge is 1.99. The summed E-state index contributed by atoms with van der Waals surface area (Å²) < 4.78 is 21.3. The zero-order chi connectivity index (χ0) is 15.3. The molecule has 0 saturated carbocycles. The Morgan fingerprint density at radius 2 is 1.76 bits per heavy atom. The van der Waals surface area contributed by atoms with E-state index in [4.69, 9.17) is 36.9 Å². The highest BCUT2D eigenvalue weighted by Crippen LogP contribution is 2.12. The van der Waals surface area contributed by atoms with Crippen LogP contribution in [0.25, 0.3) is 0 Å². The first-order valence-corrected chi connectivity index (χ1v) is 7.32. The molecule has 0 heterocycles. The Morgan fingerprint density at radius 3 is 2.48 bits per heavy atom. The Hall–Kier alpha value is -1.21. The molecule has 0 aromatic heterocycles. The number of hydrogen-bond acceptors (Lipinski definition) is 5. The molecule has 6 heteroatoms. The lowest BCUT2D eigenvalue weighted by molar-refractivity contribution is 0.0304. The highest BCUT2D eigenvalue weighted by atomic mass is 32.1. The second kappa shape index (κ2) is 11.4. The fourth-order valence-corrected chi connectivity index (χ4v) is 1.71. The Balaban J connectivity index is 2.01. The number of ether oxygens (including phenoxy) is 4. The number of rotatable bonds is 12. The maximum absolute atomic E-state index is 5.57. The summed E-state index contributed by atoms with van der Waals surface area (Å²) in [5.74, 6) is 0.736. The van der Waals surface area contributed by atoms with Crippen LogP contribution in [0, 0.1) is 0 Å². The third kappa shape index (κ3) is 8.62. The van der Waals surface area contributed by atoms with Crippen LogP contribution in [0.2, 0.25) is 0 Å². The van der Waals surface area contributed by atoms with Crippen molar-refractivity contribution >= 4 is 17.2 Å². The highest BCUT2D eigenvalue weighted by molar-refractivity contribution is 7.80. The van der Waals surface area contributed by atoms with Gasteiger partial charge < -0.3 is 24.7 Å². The standard InChI is InChI=1S/C15H23NO4S/c1-17-6-3-7-18-8-9-19-10-11-20-14-5-2-4-13(12-14)15(16)21/h2,4-5,12H,3,6-11H2,1H3,(H2,16,21). The van der Waals surface area contributed by atoms with Gasteiger partial charge in [-0.3, -0.25) is 0 Å². The van der Waals surface area contributed by atoms with Gasteiger partial charge >= 0.3 is 0 Å². The maximum Gasteiger partial charge on any atom is 0.120 e. The number of benzene rings is 1. The zero-order valence-electron chi connectivity index (χ0n) is 12.4. The van der Waals surface area contributed by atoms with Gasteiger partial charge in [0.25, 0.3) is 0 Å². The third-order valence-corrected chi connectivity index (χ3v) is 2.86. The van der Waals surface area contributed by atoms with Gasteiger partial charge in [0.2, 0.25) is 0 Å². The summed E-state index contributed by atoms with van der Waals surface area (Å²) in [7, 11) is 1.68. The van der Waals surface area contributed by atoms with Crippen molar-refractivity contribution in [2.24, 2.45) is 5.73 Å². The third-order valence-electron chi connectivity index (χ3n) is 2.62. The molecule has 0 amide bonds. The second-order valence-electron chi connectivity index (χ2n) is 4.31. The number of nitrogens with two attached hydrogens (primary N) is 1. The van der Waals surface area contributed by atoms with Gasteiger partial charge in [-0.05, 0) is 18.6 Å². The molecule has 0 aliphatic heterocycles. The molecule has 0 unspecified atom stereocenters. The molecule has 5 nitrogen and oxygen atoms in total. The Morgan fingerprint density at radius 1 is 1.05 bits per heavy atom. The lowest BCUT2D eigenvalue weighted by Crippen LogP contribution is -2.12. The van der Waals surface area contributed by atoms with Gasteiger partial charge in [-0.15, -0.1) is 0 Å². The Labute approximate surface area is 131 Å². The van der Waals surface area contributed by atoms with E-state index in [0.29, 0.717) is 38.0 Å². The second-order valence-corrected chi connectivity index (χ2v) is 4.75. The molecule has 0 radical (unpaired) electrons. The van der Waals surface area contributed by atoms with E-state index >= 15 is 0 Å². The molecular weight excluding hydrogens is 290 g/mol. The normalized spacial score (nSPS) is 10.5. The van der Waals surface area contributed by atoms with E-state index in [9.17, 15) is 0 Å². The van der Waals surface area contributed by atoms with Gasteiger partial charge in [-0.1, -0.05) is 24.4 Å². The Kier molecular flexibility index (Phi) is 9.73. The summed E-state index contributed by atoms with van der Waals surface area (Å²) in [5.41, 5.74) is 6.36. The van der Waals surface area contributed by atoms with E-state index < -0.39 is 0 Å². The van der Waals surface area contributed by atoms with Gasteiger partial charge in [0.1, 0.15) is 17.3 Å². The molecule has 0 bridgehead atoms. The molecule has 2 N–H and O–H groups in total. The molecule has 0 spiro atoms. The SMILES string of the molecule is COCCCOCCOCCOc1cccc(C(N)=S)c1. The smallest absolute Gasteiger partial charge is 0.120 e. The van der Waals surface area contributed by atoms with E-state index in [0.717, 1.165) is 24.3 Å². The number of thiocarbonyl (C=S) groups is 1. The van der Waals surface area contributed by atoms with Crippen molar-refractivity contribution in [3.63, 3.8) is 0 Å². The fourth-order valence-electron chi connectivity index (χ4n) is 1.58. The van der Waals surface area contributed by atoms with Crippen molar-refractivity contribution in [3.05, 3.63) is 29.8 Å². The summed E-state index contributed by atoms with van der Waals surface area (Å²) in [5, 5.41) is 0. The molecule has 118 valence electrons. The maximum atomic E-state index is 5.57. The molecule has 0 aliphatic carbocycles. The van der Waals surface area contributed by atoms with Crippen LogP contribution < -0.4 is 10.5 Å². The first-order valence-electron chi connectivity index (χ1n) is 6.91. The average Bonchev–Trinajstić information content (AvgIpc) is 2.49. The first-order chi connectivity index (χ1) is 10.2. The van der Waals surface area contributed by atoms with Crippen LogP contribution in [-0.4, -0.2) is 51.7 Å². The van der Waals surface area contributed by atoms with Crippen LogP contribution in [0.5, 0.6) is 5.75 Å². The van der Waals surface area contributed by atoms with Gasteiger partial charge in [0, 0.05) is 25.9 Å². The van der Waals surface area contributed by atoms with E-state index in [-0.39, 0.29) is 0 Å². The van der Waals surface area contributed by atoms with Crippen molar-refractivity contribution < 1.29 is 18.9 Å². The number of hydrogen-bond donors (Lipinski definition) is 1. The van der Waals surface area contributed by atoms with E-state index in [1.165, 1.54) is 0 Å². The minimum Gasteiger partial charge on any atom is -0.491 e. The molecule has 0 saturated heterocycles. The zero-order valence-corrected chi connectivity index (χ0v) is 13.2. The Bertz CT molecular complexity index is 414. The van der Waals surface area contributed by atoms with Crippen molar-refractivity contribution in [1.82, 2.24) is 0 Å². The monoisotopic (exact) mass is 313 g/mol. The average molecular weight is 313 g/mol. The molecule has 1 aromatic rings. The van der Waals surface area contributed by atoms with E-state index in [1.807, 2.05) is 24.3 Å².